The average Bonchev–Trinajstić information content (AvgIpc) is 2.03. The van der Waals surface area contributed by atoms with Crippen molar-refractivity contribution in [3.8, 4) is 0 Å². The van der Waals surface area contributed by atoms with E-state index in [1.165, 1.54) is 32.1 Å². The molecule has 0 heterocycles. The molecule has 11 heavy (non-hydrogen) atoms. The smallest absolute Gasteiger partial charge is 0.0303 e. The molecule has 4 bridgehead atoms. The summed E-state index contributed by atoms with van der Waals surface area (Å²) in [5, 5.41) is 0. The van der Waals surface area contributed by atoms with Crippen LogP contribution in [0.4, 0.5) is 0 Å². The van der Waals surface area contributed by atoms with Gasteiger partial charge in [0.15, 0.2) is 0 Å². The summed E-state index contributed by atoms with van der Waals surface area (Å²) < 4.78 is 8.27. The highest BCUT2D eigenvalue weighted by Gasteiger charge is 2.48. The van der Waals surface area contributed by atoms with Crippen molar-refractivity contribution in [1.29, 1.82) is 0 Å². The van der Waals surface area contributed by atoms with Crippen LogP contribution in [0, 0.1) is 29.6 Å². The van der Waals surface area contributed by atoms with Gasteiger partial charge in [0.1, 0.15) is 0 Å². The summed E-state index contributed by atoms with van der Waals surface area (Å²) in [6, 6.07) is 0. The highest BCUT2D eigenvalue weighted by Crippen LogP contribution is 2.57. The lowest BCUT2D eigenvalue weighted by molar-refractivity contribution is -0.0525. The fourth-order valence-electron chi connectivity index (χ4n) is 3.98. The fourth-order valence-corrected chi connectivity index (χ4v) is 3.98. The molecule has 0 N–H and O–H groups in total. The minimum Gasteiger partial charge on any atom is -0.0622 e. The van der Waals surface area contributed by atoms with Crippen molar-refractivity contribution in [3.05, 3.63) is 0 Å². The Hall–Kier alpha value is 0. The summed E-state index contributed by atoms with van der Waals surface area (Å²) in [7, 11) is 0. The normalized spacial score (nSPS) is 68.3. The molecule has 0 nitrogen and oxygen atoms in total. The number of hydrogen-bond acceptors (Lipinski definition) is 0. The van der Waals surface area contributed by atoms with E-state index in [1.807, 2.05) is 0 Å². The van der Waals surface area contributed by atoms with Crippen molar-refractivity contribution < 1.29 is 1.37 Å². The van der Waals surface area contributed by atoms with Gasteiger partial charge in [-0.25, -0.2) is 0 Å². The van der Waals surface area contributed by atoms with Gasteiger partial charge in [0.05, 0.1) is 0 Å². The molecular formula is C11H18. The van der Waals surface area contributed by atoms with Crippen LogP contribution in [0.5, 0.6) is 0 Å². The van der Waals surface area contributed by atoms with Gasteiger partial charge in [-0.2, -0.15) is 0 Å². The third-order valence-electron chi connectivity index (χ3n) is 4.52. The van der Waals surface area contributed by atoms with Crippen molar-refractivity contribution >= 4 is 0 Å². The quantitative estimate of drug-likeness (QED) is 0.499. The van der Waals surface area contributed by atoms with Gasteiger partial charge in [0.25, 0.3) is 0 Å². The fraction of sp³-hybridized carbons (Fsp3) is 1.00. The number of fused-ring (bicyclic) bond motifs is 2. The maximum Gasteiger partial charge on any atom is 0.0303 e. The molecule has 5 rings (SSSR count). The van der Waals surface area contributed by atoms with Crippen LogP contribution in [0.2, 0.25) is 0 Å². The highest BCUT2D eigenvalue weighted by molar-refractivity contribution is 4.98. The lowest BCUT2D eigenvalue weighted by Crippen LogP contribution is -2.46. The Bertz CT molecular complexity index is 209. The third kappa shape index (κ3) is 0.761. The van der Waals surface area contributed by atoms with Crippen molar-refractivity contribution in [2.45, 2.75) is 39.0 Å². The standard InChI is InChI=1S/C11H18/c1-7-4-10-5-9-3-2-8(10)6-11(7)9/h7-11H,2-6H2,1H3/t7-,8?,9?,10?,11?/m1/s1/i7D. The van der Waals surface area contributed by atoms with Gasteiger partial charge in [-0.05, 0) is 61.7 Å². The minimum atomic E-state index is -0.0511. The Morgan fingerprint density at radius 1 is 1.00 bits per heavy atom. The van der Waals surface area contributed by atoms with E-state index in [0.29, 0.717) is 0 Å². The molecule has 5 aliphatic carbocycles. The molecule has 0 aromatic heterocycles. The molecule has 0 aliphatic heterocycles. The van der Waals surface area contributed by atoms with Crippen molar-refractivity contribution in [3.63, 3.8) is 0 Å². The summed E-state index contributed by atoms with van der Waals surface area (Å²) >= 11 is 0. The maximum atomic E-state index is 8.27. The van der Waals surface area contributed by atoms with E-state index in [1.54, 1.807) is 0 Å². The maximum absolute atomic E-state index is 8.27. The van der Waals surface area contributed by atoms with Gasteiger partial charge < -0.3 is 0 Å². The first-order valence-electron chi connectivity index (χ1n) is 5.67. The van der Waals surface area contributed by atoms with Crippen molar-refractivity contribution in [1.82, 2.24) is 0 Å². The molecule has 0 saturated heterocycles. The zero-order valence-corrected chi connectivity index (χ0v) is 7.34. The third-order valence-corrected chi connectivity index (χ3v) is 4.52. The van der Waals surface area contributed by atoms with Crippen LogP contribution in [0.15, 0.2) is 0 Å². The van der Waals surface area contributed by atoms with Crippen LogP contribution in [0.1, 0.15) is 40.4 Å². The molecule has 5 aliphatic rings. The zero-order chi connectivity index (χ0) is 8.34. The van der Waals surface area contributed by atoms with Crippen LogP contribution < -0.4 is 0 Å². The molecule has 4 unspecified atom stereocenters. The first-order valence-corrected chi connectivity index (χ1v) is 5.17. The Labute approximate surface area is 70.8 Å². The monoisotopic (exact) mass is 151 g/mol. The summed E-state index contributed by atoms with van der Waals surface area (Å²) in [6.45, 7) is 2.18. The van der Waals surface area contributed by atoms with Gasteiger partial charge in [0, 0.05) is 1.37 Å². The summed E-state index contributed by atoms with van der Waals surface area (Å²) in [6.07, 6.45) is 7.01. The Kier molecular flexibility index (Phi) is 1.03. The van der Waals surface area contributed by atoms with Gasteiger partial charge in [-0.1, -0.05) is 6.92 Å². The van der Waals surface area contributed by atoms with E-state index in [2.05, 4.69) is 6.92 Å². The Morgan fingerprint density at radius 2 is 1.82 bits per heavy atom. The Balaban J connectivity index is 1.96. The van der Waals surface area contributed by atoms with E-state index in [9.17, 15) is 0 Å². The molecule has 62 valence electrons. The second-order valence-corrected chi connectivity index (χ2v) is 4.99. The topological polar surface area (TPSA) is 0 Å². The van der Waals surface area contributed by atoms with Crippen LogP contribution in [-0.4, -0.2) is 0 Å². The molecular weight excluding hydrogens is 132 g/mol. The molecule has 0 heteroatoms. The Morgan fingerprint density at radius 3 is 2.36 bits per heavy atom. The lowest BCUT2D eigenvalue weighted by Gasteiger charge is -2.55. The van der Waals surface area contributed by atoms with E-state index in [4.69, 9.17) is 1.37 Å². The predicted octanol–water partition coefficient (Wildman–Crippen LogP) is 3.08. The van der Waals surface area contributed by atoms with Crippen molar-refractivity contribution in [2.24, 2.45) is 29.6 Å². The van der Waals surface area contributed by atoms with Gasteiger partial charge in [0.2, 0.25) is 0 Å². The van der Waals surface area contributed by atoms with Crippen LogP contribution in [0.25, 0.3) is 0 Å². The summed E-state index contributed by atoms with van der Waals surface area (Å²) in [5.74, 6) is 3.62. The largest absolute Gasteiger partial charge is 0.0622 e. The number of hydrogen-bond donors (Lipinski definition) is 0. The van der Waals surface area contributed by atoms with Gasteiger partial charge >= 0.3 is 0 Å². The van der Waals surface area contributed by atoms with Crippen LogP contribution in [0.3, 0.4) is 0 Å². The molecule has 0 aromatic rings. The molecule has 0 spiro atoms. The SMILES string of the molecule is [2H][C@@]1(C)CC2CC3CCC2CC31. The molecule has 5 fully saturated rings. The summed E-state index contributed by atoms with van der Waals surface area (Å²) in [4.78, 5) is 0. The molecule has 0 radical (unpaired) electrons. The first kappa shape index (κ1) is 5.61. The number of rotatable bonds is 0. The molecule has 5 saturated carbocycles. The van der Waals surface area contributed by atoms with E-state index in [0.717, 1.165) is 23.7 Å². The zero-order valence-electron chi connectivity index (χ0n) is 8.34. The second kappa shape index (κ2) is 2.02. The average molecular weight is 151 g/mol. The lowest BCUT2D eigenvalue weighted by atomic mass is 9.50. The van der Waals surface area contributed by atoms with E-state index < -0.39 is 0 Å². The van der Waals surface area contributed by atoms with Crippen molar-refractivity contribution in [2.75, 3.05) is 0 Å². The van der Waals surface area contributed by atoms with E-state index >= 15 is 0 Å². The van der Waals surface area contributed by atoms with Crippen LogP contribution >= 0.6 is 0 Å². The predicted molar refractivity (Wildman–Crippen MR) is 46.2 cm³/mol. The first-order chi connectivity index (χ1) is 5.67. The molecule has 5 atom stereocenters. The molecule has 0 amide bonds. The minimum absolute atomic E-state index is 0.0511. The second-order valence-electron chi connectivity index (χ2n) is 4.99. The summed E-state index contributed by atoms with van der Waals surface area (Å²) in [5.41, 5.74) is 0. The van der Waals surface area contributed by atoms with Gasteiger partial charge in [-0.15, -0.1) is 0 Å². The van der Waals surface area contributed by atoms with Gasteiger partial charge in [-0.3, -0.25) is 0 Å². The molecule has 0 aromatic carbocycles. The highest BCUT2D eigenvalue weighted by atomic mass is 14.5. The van der Waals surface area contributed by atoms with E-state index in [-0.39, 0.29) is 5.89 Å². The van der Waals surface area contributed by atoms with Crippen LogP contribution in [-0.2, 0) is 0 Å².